The summed E-state index contributed by atoms with van der Waals surface area (Å²) in [5.74, 6) is 0. The smallest absolute Gasteiger partial charge is 0.0253 e. The zero-order chi connectivity index (χ0) is 18.0. The molecule has 0 N–H and O–H groups in total. The second-order valence-electron chi connectivity index (χ2n) is 5.91. The fourth-order valence-corrected chi connectivity index (χ4v) is 3.56. The summed E-state index contributed by atoms with van der Waals surface area (Å²) in [4.78, 5) is 0. The molecule has 0 aliphatic heterocycles. The van der Waals surface area contributed by atoms with Crippen LogP contribution in [0, 0.1) is 6.07 Å². The largest absolute Gasteiger partial charge is 0.214 e. The van der Waals surface area contributed by atoms with Gasteiger partial charge in [0, 0.05) is 0 Å². The van der Waals surface area contributed by atoms with Crippen LogP contribution in [0.2, 0.25) is 0 Å². The summed E-state index contributed by atoms with van der Waals surface area (Å²) in [6.45, 7) is 0. The summed E-state index contributed by atoms with van der Waals surface area (Å²) in [7, 11) is 0. The van der Waals surface area contributed by atoms with E-state index in [1.165, 1.54) is 27.8 Å². The van der Waals surface area contributed by atoms with Gasteiger partial charge in [-0.15, -0.1) is 5.56 Å². The van der Waals surface area contributed by atoms with E-state index in [-0.39, 0.29) is 24.8 Å². The number of rotatable bonds is 1. The molecule has 0 spiro atoms. The third kappa shape index (κ3) is 7.05. The Hall–Kier alpha value is -1.67. The molecule has 1 aliphatic carbocycles. The Morgan fingerprint density at radius 2 is 1.39 bits per heavy atom. The molecule has 0 heterocycles. The topological polar surface area (TPSA) is 0 Å². The van der Waals surface area contributed by atoms with Crippen LogP contribution >= 0.6 is 0 Å². The first-order valence-electron chi connectivity index (χ1n) is 8.68. The summed E-state index contributed by atoms with van der Waals surface area (Å²) < 4.78 is 2.22. The fraction of sp³-hybridized carbons (Fsp3) is 0.0400. The van der Waals surface area contributed by atoms with Crippen LogP contribution in [0.5, 0.6) is 0 Å². The molecule has 0 saturated heterocycles. The van der Waals surface area contributed by atoms with Crippen LogP contribution in [0.3, 0.4) is 0 Å². The van der Waals surface area contributed by atoms with Gasteiger partial charge in [0.15, 0.2) is 0 Å². The molecule has 0 aromatic heterocycles. The third-order valence-corrected chi connectivity index (χ3v) is 5.34. The van der Waals surface area contributed by atoms with Crippen LogP contribution in [-0.2, 0) is 30.3 Å². The van der Waals surface area contributed by atoms with E-state index in [9.17, 15) is 0 Å². The molecule has 5 rings (SSSR count). The van der Waals surface area contributed by atoms with Crippen molar-refractivity contribution in [3.63, 3.8) is 0 Å². The number of hydrogen-bond donors (Lipinski definition) is 0. The van der Waals surface area contributed by atoms with Crippen LogP contribution in [0.4, 0.5) is 0 Å². The normalized spacial score (nSPS) is 9.64. The van der Waals surface area contributed by atoms with Crippen LogP contribution in [0.1, 0.15) is 16.7 Å². The van der Waals surface area contributed by atoms with Gasteiger partial charge in [0.05, 0.1) is 0 Å². The molecule has 3 heteroatoms. The second-order valence-corrected chi connectivity index (χ2v) is 6.95. The molecule has 4 aromatic rings. The van der Waals surface area contributed by atoms with E-state index in [1.807, 2.05) is 42.5 Å². The average molecular weight is 570 g/mol. The van der Waals surface area contributed by atoms with Crippen LogP contribution in [0.25, 0.3) is 11.1 Å². The van der Waals surface area contributed by atoms with E-state index in [2.05, 4.69) is 70.5 Å². The van der Waals surface area contributed by atoms with Crippen LogP contribution in [-0.4, -0.2) is 3.76 Å². The van der Waals surface area contributed by atoms with Crippen LogP contribution in [0.15, 0.2) is 103 Å². The van der Waals surface area contributed by atoms with Gasteiger partial charge in [-0.05, 0) is 6.42 Å². The molecule has 0 radical (unpaired) electrons. The number of benzene rings is 3. The molecule has 0 fully saturated rings. The molecule has 140 valence electrons. The van der Waals surface area contributed by atoms with Crippen LogP contribution < -0.4 is 24.8 Å². The molecule has 0 amide bonds. The Bertz CT molecular complexity index is 871. The molecule has 4 aromatic carbocycles. The molecule has 28 heavy (non-hydrogen) atoms. The second kappa shape index (κ2) is 13.5. The Kier molecular flexibility index (Phi) is 11.7. The minimum atomic E-state index is 0. The van der Waals surface area contributed by atoms with Crippen molar-refractivity contribution in [3.05, 3.63) is 126 Å². The zero-order valence-electron chi connectivity index (χ0n) is 15.4. The van der Waals surface area contributed by atoms with Crippen molar-refractivity contribution in [2.45, 2.75) is 6.42 Å². The Morgan fingerprint density at radius 1 is 0.750 bits per heavy atom. The Labute approximate surface area is 194 Å². The van der Waals surface area contributed by atoms with Crippen molar-refractivity contribution < 1.29 is 48.7 Å². The van der Waals surface area contributed by atoms with Gasteiger partial charge in [-0.1, -0.05) is 35.4 Å². The first kappa shape index (κ1) is 24.4. The minimum Gasteiger partial charge on any atom is -0.214 e. The first-order chi connectivity index (χ1) is 12.9. The molecule has 0 atom stereocenters. The molecule has 0 saturated carbocycles. The predicted molar refractivity (Wildman–Crippen MR) is 107 cm³/mol. The molecule has 0 nitrogen and oxygen atoms in total. The van der Waals surface area contributed by atoms with Gasteiger partial charge in [0.1, 0.15) is 0 Å². The van der Waals surface area contributed by atoms with Gasteiger partial charge in [0.25, 0.3) is 0 Å². The van der Waals surface area contributed by atoms with Gasteiger partial charge in [0.2, 0.25) is 0 Å². The summed E-state index contributed by atoms with van der Waals surface area (Å²) >= 11 is 1.15. The van der Waals surface area contributed by atoms with Crippen molar-refractivity contribution in [1.82, 2.24) is 0 Å². The number of fused-ring (bicyclic) bond motifs is 3. The summed E-state index contributed by atoms with van der Waals surface area (Å²) in [6.07, 6.45) is 1.05. The Morgan fingerprint density at radius 3 is 2.00 bits per heavy atom. The first-order valence-corrected chi connectivity index (χ1v) is 10.8. The zero-order valence-corrected chi connectivity index (χ0v) is 20.5. The minimum absolute atomic E-state index is 0. The maximum absolute atomic E-state index is 3.30. The van der Waals surface area contributed by atoms with E-state index in [0.717, 1.165) is 30.3 Å². The van der Waals surface area contributed by atoms with Gasteiger partial charge < -0.3 is 24.8 Å². The van der Waals surface area contributed by atoms with E-state index in [4.69, 9.17) is 0 Å². The van der Waals surface area contributed by atoms with Crippen molar-refractivity contribution in [2.24, 2.45) is 0 Å². The van der Waals surface area contributed by atoms with E-state index in [1.54, 1.807) is 0 Å². The van der Waals surface area contributed by atoms with Gasteiger partial charge in [-0.3, -0.25) is 0 Å². The van der Waals surface area contributed by atoms with Crippen molar-refractivity contribution in [2.75, 3.05) is 0 Å². The molecule has 1 aliphatic rings. The maximum Gasteiger partial charge on any atom is -0.0253 e. The monoisotopic (exact) mass is 570 g/mol. The summed E-state index contributed by atoms with van der Waals surface area (Å²) in [5, 5.41) is 0. The average Bonchev–Trinajstić information content (AvgIpc) is 3.40. The third-order valence-electron chi connectivity index (χ3n) is 4.14. The predicted octanol–water partition coefficient (Wildman–Crippen LogP) is -0.145. The van der Waals surface area contributed by atoms with Crippen molar-refractivity contribution >= 4 is 3.76 Å². The number of hydrogen-bond acceptors (Lipinski definition) is 0. The molecule has 0 bridgehead atoms. The number of halogens is 2. The maximum atomic E-state index is 3.30. The Balaban J connectivity index is 0.000000226. The summed E-state index contributed by atoms with van der Waals surface area (Å²) in [5.41, 5.74) is 6.86. The summed E-state index contributed by atoms with van der Waals surface area (Å²) in [6, 6.07) is 38.5. The quantitative estimate of drug-likeness (QED) is 0.195. The SMILES string of the molecule is [Cl-].[Cl-].[Hf+2]=[CH]c1ccccc1.[c-]1cccc2c1Cc1ccccc1-2.c1cc[cH-]c1. The molecular weight excluding hydrogens is 550 g/mol. The molecule has 0 unspecified atom stereocenters. The van der Waals surface area contributed by atoms with E-state index in [0.29, 0.717) is 0 Å². The van der Waals surface area contributed by atoms with E-state index >= 15 is 0 Å². The molecular formula is C25H20Cl2Hf-2. The van der Waals surface area contributed by atoms with Gasteiger partial charge >= 0.3 is 63.5 Å². The van der Waals surface area contributed by atoms with Crippen molar-refractivity contribution in [3.8, 4) is 11.1 Å². The van der Waals surface area contributed by atoms with Gasteiger partial charge in [-0.25, -0.2) is 12.1 Å². The van der Waals surface area contributed by atoms with E-state index < -0.39 is 0 Å². The van der Waals surface area contributed by atoms with Crippen molar-refractivity contribution in [1.29, 1.82) is 0 Å². The van der Waals surface area contributed by atoms with Gasteiger partial charge in [-0.2, -0.15) is 48.0 Å². The fourth-order valence-electron chi connectivity index (χ4n) is 2.87. The standard InChI is InChI=1S/C13H9.C7H6.C5H5.2ClH.Hf/c1-3-7-12-10(5-1)9-11-6-2-4-8-13(11)12;1-7-5-3-2-4-6-7;1-2-4-5-3-1;;;/h1-5,7-8H,9H2;1-6H;1-5H;2*1H;/q-1;;-1;;;+2/p-2.